The van der Waals surface area contributed by atoms with Crippen LogP contribution in [0.2, 0.25) is 0 Å². The minimum atomic E-state index is -0.145. The molecule has 3 aromatic heterocycles. The molecular weight excluding hydrogens is 372 g/mol. The number of aromatic nitrogens is 5. The van der Waals surface area contributed by atoms with Crippen LogP contribution in [0.3, 0.4) is 0 Å². The fraction of sp³-hybridized carbons (Fsp3) is 0.150. The summed E-state index contributed by atoms with van der Waals surface area (Å²) in [5, 5.41) is 6.72. The summed E-state index contributed by atoms with van der Waals surface area (Å²) in [7, 11) is 0. The first-order chi connectivity index (χ1) is 14.1. The van der Waals surface area contributed by atoms with Gasteiger partial charge in [-0.05, 0) is 38.1 Å². The van der Waals surface area contributed by atoms with E-state index in [0.717, 1.165) is 11.3 Å². The van der Waals surface area contributed by atoms with Crippen molar-refractivity contribution < 1.29 is 14.1 Å². The highest BCUT2D eigenvalue weighted by atomic mass is 16.5. The monoisotopic (exact) mass is 390 g/mol. The fourth-order valence-corrected chi connectivity index (χ4v) is 2.77. The molecule has 1 N–H and O–H groups in total. The van der Waals surface area contributed by atoms with Crippen LogP contribution >= 0.6 is 0 Å². The third-order valence-electron chi connectivity index (χ3n) is 4.28. The number of hydrogen-bond donors (Lipinski definition) is 1. The van der Waals surface area contributed by atoms with Crippen LogP contribution in [-0.4, -0.2) is 30.6 Å². The smallest absolute Gasteiger partial charge is 0.228 e. The minimum absolute atomic E-state index is 0.145. The Morgan fingerprint density at radius 2 is 2.03 bits per heavy atom. The lowest BCUT2D eigenvalue weighted by molar-refractivity contribution is -0.115. The zero-order valence-electron chi connectivity index (χ0n) is 15.9. The van der Waals surface area contributed by atoms with Gasteiger partial charge < -0.3 is 14.6 Å². The lowest BCUT2D eigenvalue weighted by Gasteiger charge is -2.08. The first-order valence-corrected chi connectivity index (χ1v) is 8.88. The molecule has 4 rings (SSSR count). The molecular formula is C20H18N6O3. The Kier molecular flexibility index (Phi) is 5.02. The highest BCUT2D eigenvalue weighted by molar-refractivity contribution is 5.92. The van der Waals surface area contributed by atoms with Crippen LogP contribution in [0, 0.1) is 13.8 Å². The van der Waals surface area contributed by atoms with Crippen LogP contribution in [0.5, 0.6) is 11.6 Å². The minimum Gasteiger partial charge on any atom is -0.439 e. The van der Waals surface area contributed by atoms with Crippen LogP contribution in [0.25, 0.3) is 5.82 Å². The summed E-state index contributed by atoms with van der Waals surface area (Å²) in [6.07, 6.45) is 6.73. The molecule has 3 heterocycles. The van der Waals surface area contributed by atoms with Gasteiger partial charge in [-0.1, -0.05) is 5.16 Å². The number of carbonyl (C=O) groups excluding carboxylic acids is 1. The number of nitrogens with zero attached hydrogens (tertiary/aromatic N) is 5. The number of imidazole rings is 1. The zero-order chi connectivity index (χ0) is 20.2. The third kappa shape index (κ3) is 4.29. The molecule has 0 atom stereocenters. The molecule has 0 saturated heterocycles. The van der Waals surface area contributed by atoms with Gasteiger partial charge in [-0.25, -0.2) is 15.0 Å². The molecule has 0 saturated carbocycles. The van der Waals surface area contributed by atoms with Gasteiger partial charge in [-0.15, -0.1) is 0 Å². The van der Waals surface area contributed by atoms with E-state index in [1.807, 2.05) is 6.92 Å². The van der Waals surface area contributed by atoms with Crippen molar-refractivity contribution >= 4 is 11.6 Å². The highest BCUT2D eigenvalue weighted by Gasteiger charge is 2.13. The maximum Gasteiger partial charge on any atom is 0.228 e. The van der Waals surface area contributed by atoms with Crippen molar-refractivity contribution in [2.24, 2.45) is 0 Å². The summed E-state index contributed by atoms with van der Waals surface area (Å²) in [6.45, 7) is 3.61. The summed E-state index contributed by atoms with van der Waals surface area (Å²) in [5.41, 5.74) is 2.19. The number of ether oxygens (including phenoxy) is 1. The van der Waals surface area contributed by atoms with Gasteiger partial charge in [0.05, 0.1) is 12.1 Å². The Morgan fingerprint density at radius 1 is 1.21 bits per heavy atom. The molecule has 0 aliphatic rings. The normalized spacial score (nSPS) is 10.7. The van der Waals surface area contributed by atoms with E-state index < -0.39 is 0 Å². The van der Waals surface area contributed by atoms with Crippen molar-refractivity contribution in [1.82, 2.24) is 24.7 Å². The van der Waals surface area contributed by atoms with E-state index in [9.17, 15) is 4.79 Å². The molecule has 29 heavy (non-hydrogen) atoms. The summed E-state index contributed by atoms with van der Waals surface area (Å²) >= 11 is 0. The van der Waals surface area contributed by atoms with Gasteiger partial charge in [0.2, 0.25) is 11.8 Å². The van der Waals surface area contributed by atoms with Crippen LogP contribution < -0.4 is 10.1 Å². The number of hydrogen-bond acceptors (Lipinski definition) is 7. The molecule has 146 valence electrons. The van der Waals surface area contributed by atoms with Crippen molar-refractivity contribution in [2.45, 2.75) is 20.3 Å². The quantitative estimate of drug-likeness (QED) is 0.538. The van der Waals surface area contributed by atoms with Crippen molar-refractivity contribution in [3.63, 3.8) is 0 Å². The summed E-state index contributed by atoms with van der Waals surface area (Å²) < 4.78 is 12.6. The first kappa shape index (κ1) is 18.4. The van der Waals surface area contributed by atoms with E-state index in [-0.39, 0.29) is 12.3 Å². The van der Waals surface area contributed by atoms with Crippen LogP contribution in [0.1, 0.15) is 17.0 Å². The highest BCUT2D eigenvalue weighted by Crippen LogP contribution is 2.22. The maximum absolute atomic E-state index is 12.3. The SMILES string of the molecule is Cc1noc(C)c1CC(=O)Nc1ccc(Oc2cc(-n3ccnc3)ncn2)cc1. The average molecular weight is 390 g/mol. The van der Waals surface area contributed by atoms with E-state index in [4.69, 9.17) is 9.26 Å². The van der Waals surface area contributed by atoms with Crippen molar-refractivity contribution in [3.05, 3.63) is 72.4 Å². The Morgan fingerprint density at radius 3 is 2.72 bits per heavy atom. The fourth-order valence-electron chi connectivity index (χ4n) is 2.77. The number of anilines is 1. The molecule has 4 aromatic rings. The average Bonchev–Trinajstić information content (AvgIpc) is 3.36. The molecule has 9 heteroatoms. The molecule has 1 aromatic carbocycles. The van der Waals surface area contributed by atoms with Crippen LogP contribution in [0.4, 0.5) is 5.69 Å². The Labute approximate surface area is 166 Å². The maximum atomic E-state index is 12.3. The van der Waals surface area contributed by atoms with Crippen LogP contribution in [0.15, 0.2) is 59.9 Å². The Balaban J connectivity index is 1.39. The summed E-state index contributed by atoms with van der Waals surface area (Å²) in [6, 6.07) is 8.74. The molecule has 0 aliphatic carbocycles. The largest absolute Gasteiger partial charge is 0.439 e. The molecule has 0 radical (unpaired) electrons. The zero-order valence-corrected chi connectivity index (χ0v) is 15.9. The van der Waals surface area contributed by atoms with Crippen LogP contribution in [-0.2, 0) is 11.2 Å². The number of rotatable bonds is 6. The van der Waals surface area contributed by atoms with Crippen molar-refractivity contribution in [3.8, 4) is 17.4 Å². The summed E-state index contributed by atoms with van der Waals surface area (Å²) in [5.74, 6) is 2.15. The summed E-state index contributed by atoms with van der Waals surface area (Å²) in [4.78, 5) is 24.6. The number of amides is 1. The van der Waals surface area contributed by atoms with Crippen molar-refractivity contribution in [1.29, 1.82) is 0 Å². The molecule has 9 nitrogen and oxygen atoms in total. The van der Waals surface area contributed by atoms with E-state index in [1.54, 1.807) is 60.5 Å². The predicted molar refractivity (Wildman–Crippen MR) is 104 cm³/mol. The van der Waals surface area contributed by atoms with Gasteiger partial charge in [0.25, 0.3) is 0 Å². The lowest BCUT2D eigenvalue weighted by Crippen LogP contribution is -2.15. The number of carbonyl (C=O) groups is 1. The predicted octanol–water partition coefficient (Wildman–Crippen LogP) is 3.24. The van der Waals surface area contributed by atoms with E-state index >= 15 is 0 Å². The molecule has 0 spiro atoms. The van der Waals surface area contributed by atoms with Gasteiger partial charge in [-0.2, -0.15) is 0 Å². The standard InChI is InChI=1S/C20H18N6O3/c1-13-17(14(2)29-25-13)9-19(27)24-15-3-5-16(6-4-15)28-20-10-18(22-11-23-20)26-8-7-21-12-26/h3-8,10-12H,9H2,1-2H3,(H,24,27). The van der Waals surface area contributed by atoms with E-state index in [1.165, 1.54) is 6.33 Å². The van der Waals surface area contributed by atoms with E-state index in [2.05, 4.69) is 25.4 Å². The van der Waals surface area contributed by atoms with Gasteiger partial charge in [0, 0.05) is 29.7 Å². The second-order valence-corrected chi connectivity index (χ2v) is 6.34. The molecule has 0 fully saturated rings. The topological polar surface area (TPSA) is 108 Å². The van der Waals surface area contributed by atoms with Crippen molar-refractivity contribution in [2.75, 3.05) is 5.32 Å². The molecule has 0 unspecified atom stereocenters. The molecule has 1 amide bonds. The number of aryl methyl sites for hydroxylation is 2. The molecule has 0 aliphatic heterocycles. The van der Waals surface area contributed by atoms with Gasteiger partial charge >= 0.3 is 0 Å². The second-order valence-electron chi connectivity index (χ2n) is 6.34. The third-order valence-corrected chi connectivity index (χ3v) is 4.28. The second kappa shape index (κ2) is 7.93. The van der Waals surface area contributed by atoms with E-state index in [0.29, 0.717) is 28.9 Å². The number of nitrogens with one attached hydrogen (secondary N) is 1. The first-order valence-electron chi connectivity index (χ1n) is 8.88. The van der Waals surface area contributed by atoms with Gasteiger partial charge in [0.15, 0.2) is 0 Å². The lowest BCUT2D eigenvalue weighted by atomic mass is 10.1. The Hall–Kier alpha value is -4.01. The van der Waals surface area contributed by atoms with Gasteiger partial charge in [-0.3, -0.25) is 9.36 Å². The molecule has 0 bridgehead atoms. The van der Waals surface area contributed by atoms with Gasteiger partial charge in [0.1, 0.15) is 30.0 Å². The Bertz CT molecular complexity index is 1100. The number of benzene rings is 1.